The Kier molecular flexibility index (Phi) is 3.50. The number of hydrogen-bond donors (Lipinski definition) is 1. The van der Waals surface area contributed by atoms with Crippen LogP contribution in [0, 0.1) is 0 Å². The third-order valence-corrected chi connectivity index (χ3v) is 3.99. The van der Waals surface area contributed by atoms with Gasteiger partial charge in [-0.05, 0) is 27.4 Å². The van der Waals surface area contributed by atoms with Gasteiger partial charge in [-0.15, -0.1) is 21.5 Å². The van der Waals surface area contributed by atoms with Crippen molar-refractivity contribution in [2.24, 2.45) is 7.05 Å². The highest BCUT2D eigenvalue weighted by Gasteiger charge is 2.02. The number of hydrogen-bond acceptors (Lipinski definition) is 4. The zero-order chi connectivity index (χ0) is 10.7. The third kappa shape index (κ3) is 2.64. The van der Waals surface area contributed by atoms with Gasteiger partial charge in [0.1, 0.15) is 12.2 Å². The molecule has 2 heterocycles. The molecule has 0 spiro atoms. The van der Waals surface area contributed by atoms with Crippen LogP contribution in [-0.4, -0.2) is 14.8 Å². The maximum Gasteiger partial charge on any atom is 0.146 e. The second-order valence-electron chi connectivity index (χ2n) is 3.15. The first kappa shape index (κ1) is 10.8. The van der Waals surface area contributed by atoms with Crippen molar-refractivity contribution in [3.63, 3.8) is 0 Å². The highest BCUT2D eigenvalue weighted by atomic mass is 79.9. The van der Waals surface area contributed by atoms with Gasteiger partial charge in [-0.25, -0.2) is 0 Å². The van der Waals surface area contributed by atoms with E-state index >= 15 is 0 Å². The van der Waals surface area contributed by atoms with Crippen LogP contribution in [0.5, 0.6) is 0 Å². The average molecular weight is 287 g/mol. The molecule has 15 heavy (non-hydrogen) atoms. The van der Waals surface area contributed by atoms with Crippen LogP contribution in [0.3, 0.4) is 0 Å². The van der Waals surface area contributed by atoms with Crippen LogP contribution in [0.1, 0.15) is 10.7 Å². The van der Waals surface area contributed by atoms with Gasteiger partial charge < -0.3 is 9.88 Å². The van der Waals surface area contributed by atoms with Gasteiger partial charge in [0.2, 0.25) is 0 Å². The van der Waals surface area contributed by atoms with E-state index in [4.69, 9.17) is 0 Å². The summed E-state index contributed by atoms with van der Waals surface area (Å²) in [5, 5.41) is 13.2. The SMILES string of the molecule is Cn1cnnc1CNCc1sccc1Br. The summed E-state index contributed by atoms with van der Waals surface area (Å²) in [6.07, 6.45) is 1.71. The normalized spacial score (nSPS) is 10.8. The first-order valence-electron chi connectivity index (χ1n) is 4.53. The van der Waals surface area contributed by atoms with Crippen LogP contribution in [-0.2, 0) is 20.1 Å². The molecule has 0 aliphatic rings. The van der Waals surface area contributed by atoms with Gasteiger partial charge in [-0.1, -0.05) is 0 Å². The fourth-order valence-corrected chi connectivity index (χ4v) is 2.67. The van der Waals surface area contributed by atoms with E-state index in [1.54, 1.807) is 17.7 Å². The molecule has 2 aromatic heterocycles. The van der Waals surface area contributed by atoms with Gasteiger partial charge in [0.05, 0.1) is 6.54 Å². The van der Waals surface area contributed by atoms with E-state index in [1.165, 1.54) is 4.88 Å². The van der Waals surface area contributed by atoms with Gasteiger partial charge in [0, 0.05) is 22.9 Å². The van der Waals surface area contributed by atoms with E-state index in [2.05, 4.69) is 42.9 Å². The van der Waals surface area contributed by atoms with Crippen molar-refractivity contribution in [2.45, 2.75) is 13.1 Å². The topological polar surface area (TPSA) is 42.7 Å². The summed E-state index contributed by atoms with van der Waals surface area (Å²) in [6, 6.07) is 2.06. The fourth-order valence-electron chi connectivity index (χ4n) is 1.21. The van der Waals surface area contributed by atoms with Gasteiger partial charge in [-0.2, -0.15) is 0 Å². The Hall–Kier alpha value is -0.720. The molecule has 0 amide bonds. The Morgan fingerprint density at radius 1 is 1.53 bits per heavy atom. The lowest BCUT2D eigenvalue weighted by Gasteiger charge is -2.02. The summed E-state index contributed by atoms with van der Waals surface area (Å²) in [5.41, 5.74) is 0. The molecule has 0 aliphatic heterocycles. The van der Waals surface area contributed by atoms with Gasteiger partial charge in [0.15, 0.2) is 0 Å². The van der Waals surface area contributed by atoms with Crippen LogP contribution in [0.2, 0.25) is 0 Å². The highest BCUT2D eigenvalue weighted by Crippen LogP contribution is 2.22. The smallest absolute Gasteiger partial charge is 0.146 e. The molecule has 0 saturated carbocycles. The number of halogens is 1. The number of aryl methyl sites for hydroxylation is 1. The van der Waals surface area contributed by atoms with Crippen molar-refractivity contribution in [1.82, 2.24) is 20.1 Å². The second kappa shape index (κ2) is 4.87. The monoisotopic (exact) mass is 286 g/mol. The van der Waals surface area contributed by atoms with Crippen LogP contribution in [0.15, 0.2) is 22.2 Å². The molecule has 4 nitrogen and oxygen atoms in total. The van der Waals surface area contributed by atoms with E-state index in [0.717, 1.165) is 23.4 Å². The highest BCUT2D eigenvalue weighted by molar-refractivity contribution is 9.10. The van der Waals surface area contributed by atoms with E-state index < -0.39 is 0 Å². The maximum atomic E-state index is 4.00. The molecule has 1 N–H and O–H groups in total. The predicted molar refractivity (Wildman–Crippen MR) is 63.6 cm³/mol. The molecule has 0 unspecified atom stereocenters. The van der Waals surface area contributed by atoms with Crippen LogP contribution >= 0.6 is 27.3 Å². The molecule has 6 heteroatoms. The van der Waals surface area contributed by atoms with Crippen LogP contribution < -0.4 is 5.32 Å². The third-order valence-electron chi connectivity index (χ3n) is 2.06. The largest absolute Gasteiger partial charge is 0.320 e. The quantitative estimate of drug-likeness (QED) is 0.934. The lowest BCUT2D eigenvalue weighted by molar-refractivity contribution is 0.641. The summed E-state index contributed by atoms with van der Waals surface area (Å²) in [7, 11) is 1.94. The Morgan fingerprint density at radius 3 is 3.00 bits per heavy atom. The average Bonchev–Trinajstić information content (AvgIpc) is 2.78. The van der Waals surface area contributed by atoms with Crippen molar-refractivity contribution in [1.29, 1.82) is 0 Å². The molecular formula is C9H11BrN4S. The minimum absolute atomic E-state index is 0.737. The molecule has 0 aliphatic carbocycles. The van der Waals surface area contributed by atoms with Gasteiger partial charge >= 0.3 is 0 Å². The minimum Gasteiger partial charge on any atom is -0.320 e. The fraction of sp³-hybridized carbons (Fsp3) is 0.333. The maximum absolute atomic E-state index is 4.00. The van der Waals surface area contributed by atoms with Crippen molar-refractivity contribution in [2.75, 3.05) is 0 Å². The minimum atomic E-state index is 0.737. The molecule has 0 fully saturated rings. The molecular weight excluding hydrogens is 276 g/mol. The summed E-state index contributed by atoms with van der Waals surface area (Å²) in [5.74, 6) is 0.947. The first-order chi connectivity index (χ1) is 7.27. The Labute approximate surface area is 100 Å². The first-order valence-corrected chi connectivity index (χ1v) is 6.20. The van der Waals surface area contributed by atoms with Crippen molar-refractivity contribution in [3.8, 4) is 0 Å². The summed E-state index contributed by atoms with van der Waals surface area (Å²) >= 11 is 5.24. The molecule has 0 atom stereocenters. The van der Waals surface area contributed by atoms with Crippen molar-refractivity contribution < 1.29 is 0 Å². The van der Waals surface area contributed by atoms with Crippen LogP contribution in [0.4, 0.5) is 0 Å². The standard InChI is InChI=1S/C9H11BrN4S/c1-14-6-12-13-9(14)5-11-4-8-7(10)2-3-15-8/h2-3,6,11H,4-5H2,1H3. The van der Waals surface area contributed by atoms with E-state index in [1.807, 2.05) is 11.6 Å². The molecule has 2 rings (SSSR count). The lowest BCUT2D eigenvalue weighted by Crippen LogP contribution is -2.15. The Balaban J connectivity index is 1.86. The van der Waals surface area contributed by atoms with E-state index in [9.17, 15) is 0 Å². The number of rotatable bonds is 4. The molecule has 2 aromatic rings. The predicted octanol–water partition coefficient (Wildman–Crippen LogP) is 1.93. The number of aromatic nitrogens is 3. The molecule has 80 valence electrons. The van der Waals surface area contributed by atoms with Gasteiger partial charge in [0.25, 0.3) is 0 Å². The second-order valence-corrected chi connectivity index (χ2v) is 5.01. The molecule has 0 radical (unpaired) electrons. The zero-order valence-electron chi connectivity index (χ0n) is 8.27. The number of thiophene rings is 1. The summed E-state index contributed by atoms with van der Waals surface area (Å²) < 4.78 is 3.08. The molecule has 0 aromatic carbocycles. The van der Waals surface area contributed by atoms with Crippen LogP contribution in [0.25, 0.3) is 0 Å². The lowest BCUT2D eigenvalue weighted by atomic mass is 10.4. The number of nitrogens with zero attached hydrogens (tertiary/aromatic N) is 3. The van der Waals surface area contributed by atoms with E-state index in [0.29, 0.717) is 0 Å². The number of nitrogens with one attached hydrogen (secondary N) is 1. The Morgan fingerprint density at radius 2 is 2.40 bits per heavy atom. The van der Waals surface area contributed by atoms with Gasteiger partial charge in [-0.3, -0.25) is 0 Å². The molecule has 0 saturated heterocycles. The van der Waals surface area contributed by atoms with Crippen molar-refractivity contribution in [3.05, 3.63) is 32.9 Å². The zero-order valence-corrected chi connectivity index (χ0v) is 10.7. The Bertz CT molecular complexity index is 397. The van der Waals surface area contributed by atoms with E-state index in [-0.39, 0.29) is 0 Å². The summed E-state index contributed by atoms with van der Waals surface area (Å²) in [6.45, 7) is 1.59. The molecule has 0 bridgehead atoms. The van der Waals surface area contributed by atoms with Crippen molar-refractivity contribution >= 4 is 27.3 Å². The summed E-state index contributed by atoms with van der Waals surface area (Å²) in [4.78, 5) is 1.30.